The molecule has 0 aliphatic carbocycles. The van der Waals surface area contributed by atoms with E-state index in [0.717, 1.165) is 22.7 Å². The maximum atomic E-state index is 11.7. The molecule has 1 N–H and O–H groups in total. The first-order chi connectivity index (χ1) is 13.1. The third-order valence-corrected chi connectivity index (χ3v) is 4.55. The van der Waals surface area contributed by atoms with Crippen LogP contribution in [-0.4, -0.2) is 57.3 Å². The molecule has 8 nitrogen and oxygen atoms in total. The highest BCUT2D eigenvalue weighted by atomic mass is 16.5. The zero-order valence-electron chi connectivity index (χ0n) is 15.2. The zero-order valence-corrected chi connectivity index (χ0v) is 15.2. The Morgan fingerprint density at radius 1 is 1.22 bits per heavy atom. The molecule has 0 radical (unpaired) electrons. The Bertz CT molecular complexity index is 953. The molecule has 1 unspecified atom stereocenters. The van der Waals surface area contributed by atoms with Crippen molar-refractivity contribution in [2.24, 2.45) is 0 Å². The van der Waals surface area contributed by atoms with Gasteiger partial charge in [-0.2, -0.15) is 5.10 Å². The first-order valence-corrected chi connectivity index (χ1v) is 8.65. The van der Waals surface area contributed by atoms with Crippen LogP contribution in [0.3, 0.4) is 0 Å². The first kappa shape index (κ1) is 17.0. The third-order valence-electron chi connectivity index (χ3n) is 4.55. The number of aromatic nitrogens is 4. The van der Waals surface area contributed by atoms with E-state index in [4.69, 9.17) is 4.74 Å². The molecular weight excluding hydrogens is 344 g/mol. The number of carbonyl (C=O) groups excluding carboxylic acids is 1. The Labute approximate surface area is 156 Å². The Morgan fingerprint density at radius 2 is 2.04 bits per heavy atom. The highest BCUT2D eigenvalue weighted by Crippen LogP contribution is 2.21. The maximum Gasteiger partial charge on any atom is 0.224 e. The van der Waals surface area contributed by atoms with E-state index in [-0.39, 0.29) is 11.9 Å². The zero-order chi connectivity index (χ0) is 18.8. The highest BCUT2D eigenvalue weighted by Gasteiger charge is 2.27. The van der Waals surface area contributed by atoms with Crippen LogP contribution in [-0.2, 0) is 4.79 Å². The van der Waals surface area contributed by atoms with Crippen molar-refractivity contribution < 1.29 is 9.53 Å². The molecule has 1 aliphatic heterocycles. The van der Waals surface area contributed by atoms with Crippen LogP contribution in [0.4, 0.5) is 5.95 Å². The molecule has 0 bridgehead atoms. The number of likely N-dealkylation sites (N-methyl/N-ethyl adjacent to an activating group) is 1. The monoisotopic (exact) mass is 364 g/mol. The van der Waals surface area contributed by atoms with Crippen molar-refractivity contribution in [1.29, 1.82) is 0 Å². The summed E-state index contributed by atoms with van der Waals surface area (Å²) in [6.07, 6.45) is 5.85. The summed E-state index contributed by atoms with van der Waals surface area (Å²) in [5.74, 6) is 1.44. The normalized spacial score (nSPS) is 16.6. The summed E-state index contributed by atoms with van der Waals surface area (Å²) >= 11 is 0. The Balaban J connectivity index is 1.52. The van der Waals surface area contributed by atoms with Crippen LogP contribution in [0.15, 0.2) is 48.9 Å². The van der Waals surface area contributed by atoms with Gasteiger partial charge in [0.1, 0.15) is 5.75 Å². The van der Waals surface area contributed by atoms with E-state index in [2.05, 4.69) is 20.4 Å². The van der Waals surface area contributed by atoms with Crippen LogP contribution in [0.2, 0.25) is 0 Å². The SMILES string of the molecule is COc1ccc(-n2cc(-c3ccnc(NC4CC(=O)N(C)C4)n3)cn2)cc1. The van der Waals surface area contributed by atoms with E-state index in [1.807, 2.05) is 36.5 Å². The van der Waals surface area contributed by atoms with Gasteiger partial charge in [0, 0.05) is 38.0 Å². The van der Waals surface area contributed by atoms with Gasteiger partial charge in [-0.3, -0.25) is 4.79 Å². The van der Waals surface area contributed by atoms with Gasteiger partial charge in [-0.15, -0.1) is 0 Å². The number of anilines is 1. The molecule has 0 spiro atoms. The molecule has 1 aliphatic rings. The van der Waals surface area contributed by atoms with Crippen molar-refractivity contribution in [1.82, 2.24) is 24.6 Å². The average Bonchev–Trinajstić information content (AvgIpc) is 3.29. The summed E-state index contributed by atoms with van der Waals surface area (Å²) in [6, 6.07) is 9.53. The van der Waals surface area contributed by atoms with Crippen LogP contribution >= 0.6 is 0 Å². The lowest BCUT2D eigenvalue weighted by atomic mass is 10.2. The number of benzene rings is 1. The van der Waals surface area contributed by atoms with E-state index in [1.165, 1.54) is 0 Å². The number of hydrogen-bond acceptors (Lipinski definition) is 6. The fourth-order valence-corrected chi connectivity index (χ4v) is 3.06. The molecule has 2 aromatic heterocycles. The summed E-state index contributed by atoms with van der Waals surface area (Å²) in [5.41, 5.74) is 2.59. The fourth-order valence-electron chi connectivity index (χ4n) is 3.06. The summed E-state index contributed by atoms with van der Waals surface area (Å²) in [7, 11) is 3.44. The molecule has 138 valence electrons. The van der Waals surface area contributed by atoms with E-state index in [9.17, 15) is 4.79 Å². The molecule has 3 aromatic rings. The minimum atomic E-state index is 0.0276. The van der Waals surface area contributed by atoms with Gasteiger partial charge in [0.05, 0.1) is 30.7 Å². The number of likely N-dealkylation sites (tertiary alicyclic amines) is 1. The molecular formula is C19H20N6O2. The molecule has 27 heavy (non-hydrogen) atoms. The predicted octanol–water partition coefficient (Wildman–Crippen LogP) is 1.98. The van der Waals surface area contributed by atoms with Gasteiger partial charge in [0.2, 0.25) is 11.9 Å². The number of hydrogen-bond donors (Lipinski definition) is 1. The van der Waals surface area contributed by atoms with Gasteiger partial charge in [0.15, 0.2) is 0 Å². The maximum absolute atomic E-state index is 11.7. The second-order valence-corrected chi connectivity index (χ2v) is 6.46. The number of nitrogens with one attached hydrogen (secondary N) is 1. The average molecular weight is 364 g/mol. The van der Waals surface area contributed by atoms with E-state index in [1.54, 1.807) is 36.1 Å². The van der Waals surface area contributed by atoms with Crippen LogP contribution in [0.25, 0.3) is 16.9 Å². The molecule has 0 saturated carbocycles. The minimum Gasteiger partial charge on any atom is -0.497 e. The molecule has 1 aromatic carbocycles. The van der Waals surface area contributed by atoms with Crippen molar-refractivity contribution in [3.8, 4) is 22.7 Å². The molecule has 1 saturated heterocycles. The lowest BCUT2D eigenvalue weighted by Gasteiger charge is -2.12. The quantitative estimate of drug-likeness (QED) is 0.745. The van der Waals surface area contributed by atoms with E-state index >= 15 is 0 Å². The van der Waals surface area contributed by atoms with Crippen LogP contribution in [0.1, 0.15) is 6.42 Å². The van der Waals surface area contributed by atoms with Crippen LogP contribution < -0.4 is 10.1 Å². The van der Waals surface area contributed by atoms with E-state index < -0.39 is 0 Å². The topological polar surface area (TPSA) is 85.2 Å². The number of ether oxygens (including phenoxy) is 1. The third kappa shape index (κ3) is 3.59. The first-order valence-electron chi connectivity index (χ1n) is 8.65. The minimum absolute atomic E-state index is 0.0276. The molecule has 4 rings (SSSR count). The summed E-state index contributed by atoms with van der Waals surface area (Å²) in [4.78, 5) is 22.2. The van der Waals surface area contributed by atoms with Crippen molar-refractivity contribution in [2.75, 3.05) is 26.0 Å². The second kappa shape index (κ2) is 7.06. The standard InChI is InChI=1S/C19H20N6O2/c1-24-12-14(9-18(24)26)22-19-20-8-7-17(23-19)13-10-21-25(11-13)15-3-5-16(27-2)6-4-15/h3-8,10-11,14H,9,12H2,1-2H3,(H,20,22,23). The van der Waals surface area contributed by atoms with Gasteiger partial charge >= 0.3 is 0 Å². The summed E-state index contributed by atoms with van der Waals surface area (Å²) in [6.45, 7) is 0.655. The smallest absolute Gasteiger partial charge is 0.224 e. The highest BCUT2D eigenvalue weighted by molar-refractivity contribution is 5.79. The van der Waals surface area contributed by atoms with E-state index in [0.29, 0.717) is 18.9 Å². The number of methoxy groups -OCH3 is 1. The lowest BCUT2D eigenvalue weighted by molar-refractivity contribution is -0.126. The lowest BCUT2D eigenvalue weighted by Crippen LogP contribution is -2.25. The largest absolute Gasteiger partial charge is 0.497 e. The van der Waals surface area contributed by atoms with Crippen molar-refractivity contribution in [3.63, 3.8) is 0 Å². The van der Waals surface area contributed by atoms with Gasteiger partial charge in [-0.05, 0) is 30.3 Å². The molecule has 1 atom stereocenters. The molecule has 1 amide bonds. The number of carbonyl (C=O) groups is 1. The predicted molar refractivity (Wildman–Crippen MR) is 101 cm³/mol. The van der Waals surface area contributed by atoms with Gasteiger partial charge in [-0.1, -0.05) is 0 Å². The van der Waals surface area contributed by atoms with Crippen molar-refractivity contribution >= 4 is 11.9 Å². The Hall–Kier alpha value is -3.42. The summed E-state index contributed by atoms with van der Waals surface area (Å²) in [5, 5.41) is 7.65. The van der Waals surface area contributed by atoms with Crippen molar-refractivity contribution in [3.05, 3.63) is 48.9 Å². The number of nitrogens with zero attached hydrogens (tertiary/aromatic N) is 5. The van der Waals surface area contributed by atoms with Gasteiger partial charge < -0.3 is 15.0 Å². The van der Waals surface area contributed by atoms with Gasteiger partial charge in [0.25, 0.3) is 0 Å². The Morgan fingerprint density at radius 3 is 2.74 bits per heavy atom. The fraction of sp³-hybridized carbons (Fsp3) is 0.263. The van der Waals surface area contributed by atoms with Crippen LogP contribution in [0, 0.1) is 0 Å². The molecule has 1 fully saturated rings. The second-order valence-electron chi connectivity index (χ2n) is 6.46. The summed E-state index contributed by atoms with van der Waals surface area (Å²) < 4.78 is 6.97. The van der Waals surface area contributed by atoms with Crippen molar-refractivity contribution in [2.45, 2.75) is 12.5 Å². The molecule has 3 heterocycles. The van der Waals surface area contributed by atoms with Gasteiger partial charge in [-0.25, -0.2) is 14.6 Å². The Kier molecular flexibility index (Phi) is 4.45. The van der Waals surface area contributed by atoms with Crippen LogP contribution in [0.5, 0.6) is 5.75 Å². The molecule has 8 heteroatoms. The number of rotatable bonds is 5. The number of amides is 1.